The van der Waals surface area contributed by atoms with Gasteiger partial charge >= 0.3 is 5.97 Å². The number of nitrogens with zero attached hydrogens (tertiary/aromatic N) is 2. The highest BCUT2D eigenvalue weighted by atomic mass is 16.4. The molecule has 0 heterocycles. The lowest BCUT2D eigenvalue weighted by atomic mass is 10.0. The smallest absolute Gasteiger partial charge is 0.335 e. The summed E-state index contributed by atoms with van der Waals surface area (Å²) in [5.41, 5.74) is 8.44. The Kier molecular flexibility index (Phi) is 3.31. The zero-order valence-electron chi connectivity index (χ0n) is 8.56. The van der Waals surface area contributed by atoms with E-state index in [9.17, 15) is 4.79 Å². The third-order valence-corrected chi connectivity index (χ3v) is 2.19. The number of hydrogen-bond donors (Lipinski definition) is 2. The molecule has 0 aliphatic carbocycles. The number of carbonyl (C=O) groups is 1. The van der Waals surface area contributed by atoms with Crippen molar-refractivity contribution in [2.75, 3.05) is 0 Å². The van der Waals surface area contributed by atoms with Gasteiger partial charge in [-0.05, 0) is 31.0 Å². The first-order chi connectivity index (χ1) is 7.06. The van der Waals surface area contributed by atoms with Crippen molar-refractivity contribution in [1.29, 1.82) is 5.53 Å². The fourth-order valence-corrected chi connectivity index (χ4v) is 1.34. The van der Waals surface area contributed by atoms with E-state index in [1.807, 2.05) is 0 Å². The Morgan fingerprint density at radius 3 is 2.73 bits per heavy atom. The van der Waals surface area contributed by atoms with Gasteiger partial charge in [-0.25, -0.2) is 4.79 Å². The molecule has 0 spiro atoms. The van der Waals surface area contributed by atoms with Gasteiger partial charge in [0.25, 0.3) is 0 Å². The molecule has 1 aromatic carbocycles. The van der Waals surface area contributed by atoms with E-state index in [2.05, 4.69) is 10.0 Å². The Bertz CT molecular complexity index is 436. The third-order valence-electron chi connectivity index (χ3n) is 2.19. The molecule has 1 aromatic rings. The zero-order valence-corrected chi connectivity index (χ0v) is 8.56. The van der Waals surface area contributed by atoms with Crippen molar-refractivity contribution in [1.82, 2.24) is 4.91 Å². The molecular weight excluding hydrogens is 194 g/mol. The SMILES string of the molecule is Cc1cc(C(C)N=[N+]=N)ccc1C(=O)O. The predicted molar refractivity (Wildman–Crippen MR) is 53.8 cm³/mol. The van der Waals surface area contributed by atoms with Gasteiger partial charge in [-0.15, -0.1) is 0 Å². The molecular formula is C10H12N3O2+. The number of aryl methyl sites for hydroxylation is 1. The number of aromatic carboxylic acids is 1. The number of rotatable bonds is 3. The predicted octanol–water partition coefficient (Wildman–Crippen LogP) is 2.30. The maximum absolute atomic E-state index is 10.8. The van der Waals surface area contributed by atoms with Crippen molar-refractivity contribution in [2.24, 2.45) is 5.11 Å². The number of hydrogen-bond acceptors (Lipinski definition) is 3. The van der Waals surface area contributed by atoms with E-state index in [0.717, 1.165) is 5.56 Å². The highest BCUT2D eigenvalue weighted by Crippen LogP contribution is 2.19. The van der Waals surface area contributed by atoms with Crippen LogP contribution in [0.5, 0.6) is 0 Å². The van der Waals surface area contributed by atoms with Crippen molar-refractivity contribution in [3.63, 3.8) is 0 Å². The van der Waals surface area contributed by atoms with E-state index in [1.165, 1.54) is 0 Å². The summed E-state index contributed by atoms with van der Waals surface area (Å²) in [6.45, 7) is 3.53. The van der Waals surface area contributed by atoms with Crippen molar-refractivity contribution in [2.45, 2.75) is 19.9 Å². The molecule has 0 aromatic heterocycles. The zero-order chi connectivity index (χ0) is 11.4. The number of carboxylic acid groups (broad SMARTS) is 1. The van der Waals surface area contributed by atoms with Crippen LogP contribution in [0.15, 0.2) is 23.3 Å². The average molecular weight is 206 g/mol. The summed E-state index contributed by atoms with van der Waals surface area (Å²) in [7, 11) is 0. The van der Waals surface area contributed by atoms with Crippen LogP contribution in [0, 0.1) is 12.5 Å². The quantitative estimate of drug-likeness (QED) is 0.587. The second-order valence-corrected chi connectivity index (χ2v) is 3.27. The normalized spacial score (nSPS) is 11.6. The van der Waals surface area contributed by atoms with E-state index >= 15 is 0 Å². The monoisotopic (exact) mass is 206 g/mol. The van der Waals surface area contributed by atoms with E-state index in [0.29, 0.717) is 5.56 Å². The number of benzene rings is 1. The average Bonchev–Trinajstić information content (AvgIpc) is 2.17. The molecule has 0 saturated heterocycles. The second-order valence-electron chi connectivity index (χ2n) is 3.27. The lowest BCUT2D eigenvalue weighted by Crippen LogP contribution is -2.01. The van der Waals surface area contributed by atoms with Crippen LogP contribution in [-0.4, -0.2) is 11.1 Å². The van der Waals surface area contributed by atoms with E-state index < -0.39 is 5.97 Å². The molecule has 0 aliphatic rings. The lowest BCUT2D eigenvalue weighted by molar-refractivity contribution is 0.0696. The molecule has 2 N–H and O–H groups in total. The lowest BCUT2D eigenvalue weighted by Gasteiger charge is -2.04. The fraction of sp³-hybridized carbons (Fsp3) is 0.300. The molecule has 0 bridgehead atoms. The number of carboxylic acids is 1. The Morgan fingerprint density at radius 1 is 1.60 bits per heavy atom. The van der Waals surface area contributed by atoms with Gasteiger partial charge in [0.1, 0.15) is 10.6 Å². The standard InChI is InChI=1S/C10H11N3O2/c1-6-5-8(7(2)12-13-11)3-4-9(6)10(14)15/h3-5,7,11H,1-2H3/p+1. The third kappa shape index (κ3) is 2.48. The van der Waals surface area contributed by atoms with Gasteiger partial charge in [0.2, 0.25) is 4.91 Å². The first-order valence-corrected chi connectivity index (χ1v) is 4.46. The Balaban J connectivity index is 3.11. The Morgan fingerprint density at radius 2 is 2.27 bits per heavy atom. The number of nitrogens with one attached hydrogen (secondary N) is 1. The molecule has 0 radical (unpaired) electrons. The molecule has 1 unspecified atom stereocenters. The van der Waals surface area contributed by atoms with Crippen LogP contribution in [0.2, 0.25) is 0 Å². The fourth-order valence-electron chi connectivity index (χ4n) is 1.34. The van der Waals surface area contributed by atoms with Gasteiger partial charge in [0, 0.05) is 0 Å². The topological polar surface area (TPSA) is 87.6 Å². The van der Waals surface area contributed by atoms with E-state index in [-0.39, 0.29) is 11.6 Å². The van der Waals surface area contributed by atoms with Crippen LogP contribution in [-0.2, 0) is 0 Å². The van der Waals surface area contributed by atoms with E-state index in [1.54, 1.807) is 32.0 Å². The van der Waals surface area contributed by atoms with Gasteiger partial charge < -0.3 is 5.11 Å². The molecule has 5 nitrogen and oxygen atoms in total. The Labute approximate surface area is 87.0 Å². The summed E-state index contributed by atoms with van der Waals surface area (Å²) in [6.07, 6.45) is 0. The van der Waals surface area contributed by atoms with Crippen LogP contribution in [0.3, 0.4) is 0 Å². The van der Waals surface area contributed by atoms with Gasteiger partial charge in [-0.2, -0.15) is 0 Å². The van der Waals surface area contributed by atoms with Crippen LogP contribution in [0.4, 0.5) is 0 Å². The second kappa shape index (κ2) is 4.48. The maximum atomic E-state index is 10.8. The van der Waals surface area contributed by atoms with Gasteiger partial charge in [0.15, 0.2) is 6.04 Å². The van der Waals surface area contributed by atoms with Crippen LogP contribution in [0.25, 0.3) is 0 Å². The molecule has 0 saturated carbocycles. The van der Waals surface area contributed by atoms with Gasteiger partial charge in [0.05, 0.1) is 5.56 Å². The van der Waals surface area contributed by atoms with Crippen LogP contribution >= 0.6 is 0 Å². The summed E-state index contributed by atoms with van der Waals surface area (Å²) in [5.74, 6) is -0.936. The van der Waals surface area contributed by atoms with Crippen LogP contribution in [0.1, 0.15) is 34.5 Å². The molecule has 1 rings (SSSR count). The highest BCUT2D eigenvalue weighted by molar-refractivity contribution is 5.89. The van der Waals surface area contributed by atoms with E-state index in [4.69, 9.17) is 10.6 Å². The van der Waals surface area contributed by atoms with Gasteiger partial charge in [-0.1, -0.05) is 12.1 Å². The molecule has 0 aliphatic heterocycles. The highest BCUT2D eigenvalue weighted by Gasteiger charge is 2.12. The summed E-state index contributed by atoms with van der Waals surface area (Å²) in [4.78, 5) is 13.7. The summed E-state index contributed by atoms with van der Waals surface area (Å²) >= 11 is 0. The van der Waals surface area contributed by atoms with Crippen molar-refractivity contribution in [3.8, 4) is 0 Å². The minimum atomic E-state index is -0.936. The summed E-state index contributed by atoms with van der Waals surface area (Å²) in [5, 5.41) is 12.5. The molecule has 78 valence electrons. The minimum Gasteiger partial charge on any atom is -0.478 e. The molecule has 5 heteroatoms. The van der Waals surface area contributed by atoms with Crippen molar-refractivity contribution >= 4 is 5.97 Å². The van der Waals surface area contributed by atoms with Crippen LogP contribution < -0.4 is 4.91 Å². The first-order valence-electron chi connectivity index (χ1n) is 4.46. The van der Waals surface area contributed by atoms with Crippen molar-refractivity contribution < 1.29 is 9.90 Å². The Hall–Kier alpha value is -2.00. The molecule has 0 amide bonds. The van der Waals surface area contributed by atoms with Gasteiger partial charge in [-0.3, -0.25) is 0 Å². The first kappa shape index (κ1) is 11.1. The summed E-state index contributed by atoms with van der Waals surface area (Å²) < 4.78 is 0. The molecule has 0 fully saturated rings. The maximum Gasteiger partial charge on any atom is 0.335 e. The minimum absolute atomic E-state index is 0.218. The van der Waals surface area contributed by atoms with Crippen molar-refractivity contribution in [3.05, 3.63) is 34.9 Å². The molecule has 1 atom stereocenters. The molecule has 15 heavy (non-hydrogen) atoms. The summed E-state index contributed by atoms with van der Waals surface area (Å²) in [6, 6.07) is 4.77. The largest absolute Gasteiger partial charge is 0.478 e.